The van der Waals surface area contributed by atoms with Crippen molar-refractivity contribution in [1.82, 2.24) is 25.0 Å². The Morgan fingerprint density at radius 2 is 1.96 bits per heavy atom. The van der Waals surface area contributed by atoms with Gasteiger partial charge in [0.2, 0.25) is 0 Å². The molecule has 3 rings (SSSR count). The van der Waals surface area contributed by atoms with Crippen molar-refractivity contribution < 1.29 is 0 Å². The maximum Gasteiger partial charge on any atom is 0.194 e. The molecule has 0 bridgehead atoms. The van der Waals surface area contributed by atoms with Crippen LogP contribution >= 0.6 is 0 Å². The first-order valence-corrected chi connectivity index (χ1v) is 9.59. The molecule has 1 saturated carbocycles. The zero-order valence-corrected chi connectivity index (χ0v) is 15.3. The zero-order valence-electron chi connectivity index (χ0n) is 15.3. The fraction of sp³-hybridized carbons (Fsp3) is 0.833. The van der Waals surface area contributed by atoms with Gasteiger partial charge >= 0.3 is 0 Å². The Kier molecular flexibility index (Phi) is 5.74. The minimum absolute atomic E-state index is 0.524. The van der Waals surface area contributed by atoms with Crippen molar-refractivity contribution in [3.63, 3.8) is 0 Å². The molecule has 0 atom stereocenters. The minimum Gasteiger partial charge on any atom is -0.357 e. The van der Waals surface area contributed by atoms with Gasteiger partial charge < -0.3 is 10.2 Å². The summed E-state index contributed by atoms with van der Waals surface area (Å²) in [5, 5.41) is 7.62. The Hall–Kier alpha value is -1.59. The van der Waals surface area contributed by atoms with Crippen LogP contribution in [0.25, 0.3) is 0 Å². The monoisotopic (exact) mass is 332 g/mol. The van der Waals surface area contributed by atoms with E-state index in [1.165, 1.54) is 51.4 Å². The molecule has 6 heteroatoms. The topological polar surface area (TPSA) is 58.3 Å². The quantitative estimate of drug-likeness (QED) is 0.683. The van der Waals surface area contributed by atoms with Crippen LogP contribution in [0.1, 0.15) is 64.1 Å². The van der Waals surface area contributed by atoms with Gasteiger partial charge in [0.25, 0.3) is 0 Å². The van der Waals surface area contributed by atoms with Crippen LogP contribution in [0.5, 0.6) is 0 Å². The van der Waals surface area contributed by atoms with E-state index in [0.717, 1.165) is 31.4 Å². The van der Waals surface area contributed by atoms with Crippen molar-refractivity contribution in [2.24, 2.45) is 17.5 Å². The third kappa shape index (κ3) is 4.08. The molecule has 1 aliphatic heterocycles. The molecular weight excluding hydrogens is 300 g/mol. The molecule has 0 unspecified atom stereocenters. The summed E-state index contributed by atoms with van der Waals surface area (Å²) in [5.41, 5.74) is 0.524. The second-order valence-corrected chi connectivity index (χ2v) is 7.41. The summed E-state index contributed by atoms with van der Waals surface area (Å²) >= 11 is 0. The standard InChI is InChI=1S/C18H32N6/c1-3-19-17(20-13-16-21-15-22-23(16)2)24-12-8-11-18(14-24)9-6-4-5-7-10-18/h15H,3-14H2,1-2H3,(H,19,20). The van der Waals surface area contributed by atoms with Gasteiger partial charge in [-0.2, -0.15) is 5.10 Å². The van der Waals surface area contributed by atoms with Gasteiger partial charge in [0.15, 0.2) is 5.96 Å². The Bertz CT molecular complexity index is 541. The van der Waals surface area contributed by atoms with E-state index in [1.807, 2.05) is 7.05 Å². The summed E-state index contributed by atoms with van der Waals surface area (Å²) < 4.78 is 1.80. The number of nitrogens with zero attached hydrogens (tertiary/aromatic N) is 5. The van der Waals surface area contributed by atoms with Gasteiger partial charge in [0, 0.05) is 26.7 Å². The molecule has 2 heterocycles. The van der Waals surface area contributed by atoms with Gasteiger partial charge in [-0.25, -0.2) is 9.98 Å². The van der Waals surface area contributed by atoms with E-state index >= 15 is 0 Å². The van der Waals surface area contributed by atoms with Crippen LogP contribution in [0, 0.1) is 5.41 Å². The van der Waals surface area contributed by atoms with Crippen LogP contribution in [0.15, 0.2) is 11.3 Å². The number of aromatic nitrogens is 3. The number of likely N-dealkylation sites (tertiary alicyclic amines) is 1. The van der Waals surface area contributed by atoms with Gasteiger partial charge in [0.1, 0.15) is 18.7 Å². The van der Waals surface area contributed by atoms with E-state index in [2.05, 4.69) is 27.2 Å². The van der Waals surface area contributed by atoms with E-state index in [0.29, 0.717) is 12.0 Å². The van der Waals surface area contributed by atoms with Gasteiger partial charge in [-0.05, 0) is 38.0 Å². The average Bonchev–Trinajstić information content (AvgIpc) is 2.87. The number of guanidine groups is 1. The highest BCUT2D eigenvalue weighted by molar-refractivity contribution is 5.80. The fourth-order valence-corrected chi connectivity index (χ4v) is 4.31. The molecule has 1 N–H and O–H groups in total. The SMILES string of the molecule is CCNC(=NCc1ncnn1C)N1CCCC2(CCCCCC2)C1. The molecule has 24 heavy (non-hydrogen) atoms. The lowest BCUT2D eigenvalue weighted by Crippen LogP contribution is -2.50. The maximum atomic E-state index is 4.85. The van der Waals surface area contributed by atoms with Crippen LogP contribution in [0.4, 0.5) is 0 Å². The molecule has 1 aromatic heterocycles. The summed E-state index contributed by atoms with van der Waals surface area (Å²) in [7, 11) is 1.92. The van der Waals surface area contributed by atoms with Crippen LogP contribution in [-0.2, 0) is 13.6 Å². The van der Waals surface area contributed by atoms with Crippen molar-refractivity contribution in [3.8, 4) is 0 Å². The highest BCUT2D eigenvalue weighted by Gasteiger charge is 2.36. The smallest absolute Gasteiger partial charge is 0.194 e. The highest BCUT2D eigenvalue weighted by Crippen LogP contribution is 2.42. The first-order valence-electron chi connectivity index (χ1n) is 9.59. The summed E-state index contributed by atoms with van der Waals surface area (Å²) in [6.45, 7) is 5.91. The predicted molar refractivity (Wildman–Crippen MR) is 96.8 cm³/mol. The van der Waals surface area contributed by atoms with Crippen LogP contribution in [0.3, 0.4) is 0 Å². The lowest BCUT2D eigenvalue weighted by atomic mass is 9.74. The molecule has 1 aliphatic carbocycles. The first kappa shape index (κ1) is 17.2. The van der Waals surface area contributed by atoms with Crippen molar-refractivity contribution in [2.45, 2.75) is 64.8 Å². The summed E-state index contributed by atoms with van der Waals surface area (Å²) in [5.74, 6) is 1.95. The van der Waals surface area contributed by atoms with E-state index in [1.54, 1.807) is 11.0 Å². The number of piperidine rings is 1. The Balaban J connectivity index is 1.71. The second-order valence-electron chi connectivity index (χ2n) is 7.41. The number of aliphatic imine (C=N–C) groups is 1. The van der Waals surface area contributed by atoms with E-state index in [9.17, 15) is 0 Å². The van der Waals surface area contributed by atoms with Crippen molar-refractivity contribution in [1.29, 1.82) is 0 Å². The van der Waals surface area contributed by atoms with Crippen LogP contribution in [0.2, 0.25) is 0 Å². The average molecular weight is 332 g/mol. The van der Waals surface area contributed by atoms with Gasteiger partial charge in [0.05, 0.1) is 0 Å². The third-order valence-electron chi connectivity index (χ3n) is 5.64. The van der Waals surface area contributed by atoms with E-state index in [4.69, 9.17) is 4.99 Å². The molecular formula is C18H32N6. The molecule has 1 spiro atoms. The Morgan fingerprint density at radius 3 is 2.62 bits per heavy atom. The fourth-order valence-electron chi connectivity index (χ4n) is 4.31. The molecule has 0 aromatic carbocycles. The van der Waals surface area contributed by atoms with Crippen molar-refractivity contribution in [3.05, 3.63) is 12.2 Å². The predicted octanol–water partition coefficient (Wildman–Crippen LogP) is 2.72. The number of hydrogen-bond acceptors (Lipinski definition) is 3. The molecule has 6 nitrogen and oxygen atoms in total. The van der Waals surface area contributed by atoms with Crippen molar-refractivity contribution in [2.75, 3.05) is 19.6 Å². The normalized spacial score (nSPS) is 21.8. The largest absolute Gasteiger partial charge is 0.357 e. The van der Waals surface area contributed by atoms with E-state index < -0.39 is 0 Å². The van der Waals surface area contributed by atoms with Crippen molar-refractivity contribution >= 4 is 5.96 Å². The molecule has 2 aliphatic rings. The summed E-state index contributed by atoms with van der Waals surface area (Å²) in [4.78, 5) is 11.6. The van der Waals surface area contributed by atoms with Gasteiger partial charge in [-0.1, -0.05) is 25.7 Å². The summed E-state index contributed by atoms with van der Waals surface area (Å²) in [6.07, 6.45) is 12.7. The number of nitrogens with one attached hydrogen (secondary N) is 1. The maximum absolute atomic E-state index is 4.85. The second kappa shape index (κ2) is 7.99. The van der Waals surface area contributed by atoms with Gasteiger partial charge in [-0.15, -0.1) is 0 Å². The number of aryl methyl sites for hydroxylation is 1. The Labute approximate surface area is 145 Å². The molecule has 2 fully saturated rings. The van der Waals surface area contributed by atoms with Crippen LogP contribution in [-0.4, -0.2) is 45.3 Å². The number of hydrogen-bond donors (Lipinski definition) is 1. The zero-order chi connectivity index (χ0) is 16.8. The van der Waals surface area contributed by atoms with E-state index in [-0.39, 0.29) is 0 Å². The first-order chi connectivity index (χ1) is 11.7. The number of rotatable bonds is 3. The Morgan fingerprint density at radius 1 is 1.21 bits per heavy atom. The van der Waals surface area contributed by atoms with Crippen LogP contribution < -0.4 is 5.32 Å². The summed E-state index contributed by atoms with van der Waals surface area (Å²) in [6, 6.07) is 0. The lowest BCUT2D eigenvalue weighted by molar-refractivity contribution is 0.115. The van der Waals surface area contributed by atoms with Gasteiger partial charge in [-0.3, -0.25) is 4.68 Å². The minimum atomic E-state index is 0.524. The lowest BCUT2D eigenvalue weighted by Gasteiger charge is -2.44. The molecule has 0 radical (unpaired) electrons. The molecule has 1 aromatic rings. The molecule has 1 saturated heterocycles. The molecule has 134 valence electrons. The molecule has 0 amide bonds. The highest BCUT2D eigenvalue weighted by atomic mass is 15.3. The third-order valence-corrected chi connectivity index (χ3v) is 5.64.